The van der Waals surface area contributed by atoms with Crippen LogP contribution < -0.4 is 5.32 Å². The van der Waals surface area contributed by atoms with E-state index in [1.54, 1.807) is 4.68 Å². The number of nitrogens with one attached hydrogen (secondary N) is 1. The predicted molar refractivity (Wildman–Crippen MR) is 74.3 cm³/mol. The lowest BCUT2D eigenvalue weighted by atomic mass is 9.89. The summed E-state index contributed by atoms with van der Waals surface area (Å²) < 4.78 is 7.31. The fourth-order valence-electron chi connectivity index (χ4n) is 3.17. The van der Waals surface area contributed by atoms with E-state index in [9.17, 15) is 4.79 Å². The second-order valence-corrected chi connectivity index (χ2v) is 5.78. The summed E-state index contributed by atoms with van der Waals surface area (Å²) in [6.07, 6.45) is 4.03. The number of morpholine rings is 1. The smallest absolute Gasteiger partial charge is 0.227 e. The third-order valence-electron chi connectivity index (χ3n) is 4.24. The van der Waals surface area contributed by atoms with E-state index >= 15 is 0 Å². The molecule has 0 spiro atoms. The number of aromatic nitrogens is 2. The minimum atomic E-state index is 0.0181. The molecule has 20 heavy (non-hydrogen) atoms. The zero-order valence-corrected chi connectivity index (χ0v) is 12.1. The summed E-state index contributed by atoms with van der Waals surface area (Å²) in [4.78, 5) is 14.7. The predicted octanol–water partition coefficient (Wildman–Crippen LogP) is -0.0296. The standard InChI is InChI=1S/C14H22N4O2/c1-10-8-18(3-4-20-10)14(19)13-7-15-6-12(13)11-5-16-17(2)9-11/h5,9-10,12-13,15H,3-4,6-8H2,1-2H3/t10?,12-,13+/m1/s1. The van der Waals surface area contributed by atoms with Gasteiger partial charge in [-0.3, -0.25) is 9.48 Å². The molecule has 1 N–H and O–H groups in total. The first-order valence-electron chi connectivity index (χ1n) is 7.25. The lowest BCUT2D eigenvalue weighted by molar-refractivity contribution is -0.142. The van der Waals surface area contributed by atoms with Gasteiger partial charge in [-0.15, -0.1) is 0 Å². The number of hydrogen-bond acceptors (Lipinski definition) is 4. The van der Waals surface area contributed by atoms with Crippen molar-refractivity contribution < 1.29 is 9.53 Å². The third-order valence-corrected chi connectivity index (χ3v) is 4.24. The highest BCUT2D eigenvalue weighted by Crippen LogP contribution is 2.29. The first-order valence-corrected chi connectivity index (χ1v) is 7.25. The lowest BCUT2D eigenvalue weighted by Gasteiger charge is -2.33. The first-order chi connectivity index (χ1) is 9.65. The molecule has 3 atom stereocenters. The number of hydrogen-bond donors (Lipinski definition) is 1. The van der Waals surface area contributed by atoms with E-state index in [0.717, 1.165) is 18.7 Å². The van der Waals surface area contributed by atoms with Gasteiger partial charge in [0.2, 0.25) is 5.91 Å². The van der Waals surface area contributed by atoms with Crippen LogP contribution in [0.3, 0.4) is 0 Å². The molecule has 0 saturated carbocycles. The molecule has 0 aliphatic carbocycles. The summed E-state index contributed by atoms with van der Waals surface area (Å²) in [5.41, 5.74) is 1.15. The number of nitrogens with zero attached hydrogens (tertiary/aromatic N) is 3. The second kappa shape index (κ2) is 5.54. The van der Waals surface area contributed by atoms with Gasteiger partial charge in [-0.2, -0.15) is 5.10 Å². The molecule has 0 aromatic carbocycles. The van der Waals surface area contributed by atoms with Crippen LogP contribution in [0.4, 0.5) is 0 Å². The highest BCUT2D eigenvalue weighted by molar-refractivity contribution is 5.80. The summed E-state index contributed by atoms with van der Waals surface area (Å²) in [6.45, 7) is 5.68. The Labute approximate surface area is 119 Å². The normalized spacial score (nSPS) is 30.7. The highest BCUT2D eigenvalue weighted by atomic mass is 16.5. The fraction of sp³-hybridized carbons (Fsp3) is 0.714. The second-order valence-electron chi connectivity index (χ2n) is 5.78. The van der Waals surface area contributed by atoms with Crippen molar-refractivity contribution in [2.45, 2.75) is 18.9 Å². The Hall–Kier alpha value is -1.40. The molecule has 1 unspecified atom stereocenters. The van der Waals surface area contributed by atoms with Crippen molar-refractivity contribution in [2.24, 2.45) is 13.0 Å². The van der Waals surface area contributed by atoms with Gasteiger partial charge >= 0.3 is 0 Å². The van der Waals surface area contributed by atoms with Gasteiger partial charge in [-0.25, -0.2) is 0 Å². The van der Waals surface area contributed by atoms with Crippen LogP contribution in [-0.4, -0.2) is 59.5 Å². The molecule has 110 valence electrons. The van der Waals surface area contributed by atoms with Crippen molar-refractivity contribution >= 4 is 5.91 Å². The molecule has 2 aliphatic heterocycles. The Bertz CT molecular complexity index is 487. The number of ether oxygens (including phenoxy) is 1. The van der Waals surface area contributed by atoms with Gasteiger partial charge in [-0.05, 0) is 12.5 Å². The molecular formula is C14H22N4O2. The van der Waals surface area contributed by atoms with E-state index in [-0.39, 0.29) is 23.8 Å². The average molecular weight is 278 g/mol. The lowest BCUT2D eigenvalue weighted by Crippen LogP contribution is -2.48. The third kappa shape index (κ3) is 2.58. The zero-order chi connectivity index (χ0) is 14.1. The Morgan fingerprint density at radius 2 is 2.35 bits per heavy atom. The fourth-order valence-corrected chi connectivity index (χ4v) is 3.17. The van der Waals surface area contributed by atoms with Crippen LogP contribution in [0.2, 0.25) is 0 Å². The molecule has 1 amide bonds. The van der Waals surface area contributed by atoms with Gasteiger partial charge in [0.1, 0.15) is 0 Å². The van der Waals surface area contributed by atoms with Crippen molar-refractivity contribution in [1.29, 1.82) is 0 Å². The maximum atomic E-state index is 12.7. The molecule has 0 bridgehead atoms. The van der Waals surface area contributed by atoms with E-state index in [4.69, 9.17) is 4.74 Å². The van der Waals surface area contributed by atoms with Crippen LogP contribution in [0, 0.1) is 5.92 Å². The van der Waals surface area contributed by atoms with E-state index in [1.165, 1.54) is 0 Å². The maximum absolute atomic E-state index is 12.7. The first kappa shape index (κ1) is 13.6. The van der Waals surface area contributed by atoms with Crippen LogP contribution in [0.5, 0.6) is 0 Å². The van der Waals surface area contributed by atoms with Crippen molar-refractivity contribution in [3.8, 4) is 0 Å². The Balaban J connectivity index is 1.73. The van der Waals surface area contributed by atoms with E-state index in [1.807, 2.05) is 31.3 Å². The quantitative estimate of drug-likeness (QED) is 0.825. The van der Waals surface area contributed by atoms with Crippen molar-refractivity contribution in [3.05, 3.63) is 18.0 Å². The van der Waals surface area contributed by atoms with Crippen LogP contribution in [0.15, 0.2) is 12.4 Å². The van der Waals surface area contributed by atoms with Gasteiger partial charge in [0.15, 0.2) is 0 Å². The van der Waals surface area contributed by atoms with Crippen molar-refractivity contribution in [1.82, 2.24) is 20.0 Å². The topological polar surface area (TPSA) is 59.4 Å². The monoisotopic (exact) mass is 278 g/mol. The average Bonchev–Trinajstić information content (AvgIpc) is 3.06. The number of amides is 1. The number of rotatable bonds is 2. The summed E-state index contributed by atoms with van der Waals surface area (Å²) in [5.74, 6) is 0.498. The molecule has 3 heterocycles. The largest absolute Gasteiger partial charge is 0.375 e. The Kier molecular flexibility index (Phi) is 3.76. The van der Waals surface area contributed by atoms with Crippen LogP contribution in [0.25, 0.3) is 0 Å². The molecule has 3 rings (SSSR count). The van der Waals surface area contributed by atoms with Crippen molar-refractivity contribution in [2.75, 3.05) is 32.8 Å². The summed E-state index contributed by atoms with van der Waals surface area (Å²) in [7, 11) is 1.91. The Morgan fingerprint density at radius 3 is 3.05 bits per heavy atom. The minimum absolute atomic E-state index is 0.0181. The molecular weight excluding hydrogens is 256 g/mol. The van der Waals surface area contributed by atoms with Gasteiger partial charge in [-0.1, -0.05) is 0 Å². The van der Waals surface area contributed by atoms with Gasteiger partial charge in [0.05, 0.1) is 24.8 Å². The molecule has 2 fully saturated rings. The SMILES string of the molecule is CC1CN(C(=O)[C@H]2CNC[C@@H]2c2cnn(C)c2)CCO1. The van der Waals surface area contributed by atoms with Gasteiger partial charge in [0.25, 0.3) is 0 Å². The molecule has 0 radical (unpaired) electrons. The Morgan fingerprint density at radius 1 is 1.50 bits per heavy atom. The molecule has 6 nitrogen and oxygen atoms in total. The van der Waals surface area contributed by atoms with Gasteiger partial charge < -0.3 is 15.0 Å². The molecule has 1 aromatic rings. The van der Waals surface area contributed by atoms with E-state index in [0.29, 0.717) is 19.7 Å². The van der Waals surface area contributed by atoms with Crippen LogP contribution in [0.1, 0.15) is 18.4 Å². The highest BCUT2D eigenvalue weighted by Gasteiger charge is 2.37. The minimum Gasteiger partial charge on any atom is -0.375 e. The summed E-state index contributed by atoms with van der Waals surface area (Å²) in [5, 5.41) is 7.57. The molecule has 1 aromatic heterocycles. The molecule has 2 saturated heterocycles. The van der Waals surface area contributed by atoms with Crippen LogP contribution in [-0.2, 0) is 16.6 Å². The summed E-state index contributed by atoms with van der Waals surface area (Å²) >= 11 is 0. The van der Waals surface area contributed by atoms with Crippen molar-refractivity contribution in [3.63, 3.8) is 0 Å². The zero-order valence-electron chi connectivity index (χ0n) is 12.1. The maximum Gasteiger partial charge on any atom is 0.227 e. The molecule has 6 heteroatoms. The van der Waals surface area contributed by atoms with E-state index < -0.39 is 0 Å². The number of carbonyl (C=O) groups excluding carboxylic acids is 1. The molecule has 2 aliphatic rings. The van der Waals surface area contributed by atoms with Gasteiger partial charge in [0, 0.05) is 45.3 Å². The number of aryl methyl sites for hydroxylation is 1. The van der Waals surface area contributed by atoms with Crippen LogP contribution >= 0.6 is 0 Å². The number of carbonyl (C=O) groups is 1. The summed E-state index contributed by atoms with van der Waals surface area (Å²) in [6, 6.07) is 0. The van der Waals surface area contributed by atoms with E-state index in [2.05, 4.69) is 10.4 Å².